The number of hydrogen-bond acceptors (Lipinski definition) is 4. The molecule has 6 heteroatoms. The van der Waals surface area contributed by atoms with Crippen molar-refractivity contribution in [3.63, 3.8) is 0 Å². The summed E-state index contributed by atoms with van der Waals surface area (Å²) in [4.78, 5) is 10.8. The summed E-state index contributed by atoms with van der Waals surface area (Å²) in [6, 6.07) is 6.22. The molecule has 1 aliphatic rings. The number of carbonyl (C=O) groups is 1. The number of aliphatic carboxylic acids is 1. The minimum atomic E-state index is -3.45. The van der Waals surface area contributed by atoms with Crippen molar-refractivity contribution in [2.24, 2.45) is 0 Å². The quantitative estimate of drug-likeness (QED) is 0.842. The number of sulfone groups is 1. The van der Waals surface area contributed by atoms with E-state index in [1.165, 1.54) is 18.2 Å². The van der Waals surface area contributed by atoms with Gasteiger partial charge in [-0.2, -0.15) is 5.26 Å². The van der Waals surface area contributed by atoms with E-state index in [9.17, 15) is 13.2 Å². The van der Waals surface area contributed by atoms with E-state index >= 15 is 0 Å². The zero-order chi connectivity index (χ0) is 12.6. The van der Waals surface area contributed by atoms with Crippen LogP contribution in [0.4, 0.5) is 0 Å². The maximum absolute atomic E-state index is 11.8. The van der Waals surface area contributed by atoms with Crippen LogP contribution in [-0.2, 0) is 14.6 Å². The van der Waals surface area contributed by atoms with Crippen molar-refractivity contribution < 1.29 is 18.3 Å². The van der Waals surface area contributed by atoms with E-state index in [0.717, 1.165) is 0 Å². The minimum absolute atomic E-state index is 0.0998. The summed E-state index contributed by atoms with van der Waals surface area (Å²) in [6.45, 7) is 0. The molecule has 0 aromatic heterocycles. The highest BCUT2D eigenvalue weighted by molar-refractivity contribution is 7.91. The molecule has 0 saturated heterocycles. The van der Waals surface area contributed by atoms with Crippen molar-refractivity contribution in [3.8, 4) is 6.07 Å². The summed E-state index contributed by atoms with van der Waals surface area (Å²) < 4.78 is 23.6. The molecule has 0 fully saturated rings. The lowest BCUT2D eigenvalue weighted by molar-refractivity contribution is -0.137. The molecule has 1 unspecified atom stereocenters. The number of carboxylic acids is 1. The van der Waals surface area contributed by atoms with Gasteiger partial charge in [0.25, 0.3) is 0 Å². The molecule has 0 radical (unpaired) electrons. The van der Waals surface area contributed by atoms with Gasteiger partial charge < -0.3 is 5.11 Å². The number of rotatable bonds is 2. The van der Waals surface area contributed by atoms with Crippen molar-refractivity contribution >= 4 is 15.8 Å². The number of benzene rings is 1. The van der Waals surface area contributed by atoms with E-state index in [2.05, 4.69) is 0 Å². The largest absolute Gasteiger partial charge is 0.481 e. The predicted molar refractivity (Wildman–Crippen MR) is 58.2 cm³/mol. The van der Waals surface area contributed by atoms with Crippen LogP contribution in [0.2, 0.25) is 0 Å². The monoisotopic (exact) mass is 251 g/mol. The third-order valence-corrected chi connectivity index (χ3v) is 4.62. The summed E-state index contributed by atoms with van der Waals surface area (Å²) in [5.41, 5.74) is 0.773. The molecule has 1 aromatic carbocycles. The molecule has 0 bridgehead atoms. The van der Waals surface area contributed by atoms with Gasteiger partial charge in [-0.25, -0.2) is 8.42 Å². The van der Waals surface area contributed by atoms with Gasteiger partial charge in [0.15, 0.2) is 9.84 Å². The lowest BCUT2D eigenvalue weighted by atomic mass is 9.97. The number of carboxylic acid groups (broad SMARTS) is 1. The van der Waals surface area contributed by atoms with Crippen molar-refractivity contribution in [1.29, 1.82) is 5.26 Å². The summed E-state index contributed by atoms with van der Waals surface area (Å²) in [6.07, 6.45) is -0.210. The van der Waals surface area contributed by atoms with Gasteiger partial charge >= 0.3 is 5.97 Å². The highest BCUT2D eigenvalue weighted by Crippen LogP contribution is 2.37. The lowest BCUT2D eigenvalue weighted by Crippen LogP contribution is -2.08. The molecule has 5 nitrogen and oxygen atoms in total. The molecule has 2 rings (SSSR count). The summed E-state index contributed by atoms with van der Waals surface area (Å²) in [5.74, 6) is -1.73. The Morgan fingerprint density at radius 1 is 1.53 bits per heavy atom. The first kappa shape index (κ1) is 11.6. The maximum atomic E-state index is 11.8. The molecule has 17 heavy (non-hydrogen) atoms. The Labute approximate surface area is 98.2 Å². The third kappa shape index (κ3) is 2.01. The van der Waals surface area contributed by atoms with Gasteiger partial charge in [0.1, 0.15) is 0 Å². The van der Waals surface area contributed by atoms with E-state index in [-0.39, 0.29) is 22.6 Å². The van der Waals surface area contributed by atoms with Gasteiger partial charge in [-0.3, -0.25) is 4.79 Å². The van der Waals surface area contributed by atoms with Crippen molar-refractivity contribution in [2.75, 3.05) is 5.75 Å². The van der Waals surface area contributed by atoms with Crippen LogP contribution in [0, 0.1) is 11.3 Å². The van der Waals surface area contributed by atoms with Gasteiger partial charge in [-0.15, -0.1) is 0 Å². The zero-order valence-corrected chi connectivity index (χ0v) is 9.57. The van der Waals surface area contributed by atoms with Crippen molar-refractivity contribution in [2.45, 2.75) is 17.2 Å². The van der Waals surface area contributed by atoms with Gasteiger partial charge in [0.2, 0.25) is 0 Å². The number of hydrogen-bond donors (Lipinski definition) is 1. The normalized spacial score (nSPS) is 20.5. The van der Waals surface area contributed by atoms with Crippen molar-refractivity contribution in [3.05, 3.63) is 29.3 Å². The molecule has 0 saturated carbocycles. The number of nitriles is 1. The second kappa shape index (κ2) is 3.86. The SMILES string of the molecule is N#Cc1ccc2c(c1)S(=O)(=O)CC2CC(=O)O. The van der Waals surface area contributed by atoms with E-state index in [1.807, 2.05) is 6.07 Å². The van der Waals surface area contributed by atoms with Crippen LogP contribution in [0.15, 0.2) is 23.1 Å². The first-order valence-electron chi connectivity index (χ1n) is 4.92. The molecular formula is C11H9NO4S. The molecular weight excluding hydrogens is 242 g/mol. The molecule has 88 valence electrons. The fourth-order valence-corrected chi connectivity index (χ4v) is 3.94. The van der Waals surface area contributed by atoms with Crippen LogP contribution >= 0.6 is 0 Å². The van der Waals surface area contributed by atoms with Crippen molar-refractivity contribution in [1.82, 2.24) is 0 Å². The molecule has 0 amide bonds. The average Bonchev–Trinajstić information content (AvgIpc) is 2.49. The zero-order valence-electron chi connectivity index (χ0n) is 8.75. The van der Waals surface area contributed by atoms with Gasteiger partial charge in [0, 0.05) is 5.92 Å². The first-order chi connectivity index (χ1) is 7.94. The average molecular weight is 251 g/mol. The van der Waals surface area contributed by atoms with E-state index in [4.69, 9.17) is 10.4 Å². The Balaban J connectivity index is 2.53. The molecule has 0 spiro atoms. The number of fused-ring (bicyclic) bond motifs is 1. The van der Waals surface area contributed by atoms with Gasteiger partial charge in [-0.1, -0.05) is 6.07 Å². The smallest absolute Gasteiger partial charge is 0.303 e. The van der Waals surface area contributed by atoms with E-state index in [0.29, 0.717) is 5.56 Å². The summed E-state index contributed by atoms with van der Waals surface area (Å²) >= 11 is 0. The van der Waals surface area contributed by atoms with E-state index in [1.54, 1.807) is 0 Å². The predicted octanol–water partition coefficient (Wildman–Crippen LogP) is 0.904. The topological polar surface area (TPSA) is 95.2 Å². The van der Waals surface area contributed by atoms with E-state index < -0.39 is 21.7 Å². The van der Waals surface area contributed by atoms with Crippen LogP contribution in [0.1, 0.15) is 23.5 Å². The Bertz CT molecular complexity index is 627. The van der Waals surface area contributed by atoms with Crippen LogP contribution in [0.5, 0.6) is 0 Å². The fourth-order valence-electron chi connectivity index (χ4n) is 2.03. The van der Waals surface area contributed by atoms with Crippen LogP contribution in [0.25, 0.3) is 0 Å². The van der Waals surface area contributed by atoms with Crippen LogP contribution in [0.3, 0.4) is 0 Å². The standard InChI is InChI=1S/C11H9NO4S/c12-5-7-1-2-9-8(4-11(13)14)6-17(15,16)10(9)3-7/h1-3,8H,4,6H2,(H,13,14). The molecule has 1 heterocycles. The summed E-state index contributed by atoms with van der Waals surface area (Å²) in [7, 11) is -3.45. The highest BCUT2D eigenvalue weighted by atomic mass is 32.2. The molecule has 1 aliphatic heterocycles. The second-order valence-electron chi connectivity index (χ2n) is 3.94. The highest BCUT2D eigenvalue weighted by Gasteiger charge is 2.35. The molecule has 1 aromatic rings. The lowest BCUT2D eigenvalue weighted by Gasteiger charge is -2.05. The molecule has 1 N–H and O–H groups in total. The Morgan fingerprint density at radius 3 is 2.82 bits per heavy atom. The molecule has 0 aliphatic carbocycles. The Hall–Kier alpha value is -1.87. The number of nitrogens with zero attached hydrogens (tertiary/aromatic N) is 1. The summed E-state index contributed by atoms with van der Waals surface area (Å²) in [5, 5.41) is 17.4. The van der Waals surface area contributed by atoms with Crippen LogP contribution < -0.4 is 0 Å². The van der Waals surface area contributed by atoms with Gasteiger partial charge in [-0.05, 0) is 17.7 Å². The molecule has 1 atom stereocenters. The Kier molecular flexibility index (Phi) is 2.63. The third-order valence-electron chi connectivity index (χ3n) is 2.76. The first-order valence-corrected chi connectivity index (χ1v) is 6.58. The minimum Gasteiger partial charge on any atom is -0.481 e. The fraction of sp³-hybridized carbons (Fsp3) is 0.273. The maximum Gasteiger partial charge on any atom is 0.303 e. The Morgan fingerprint density at radius 2 is 2.24 bits per heavy atom. The van der Waals surface area contributed by atoms with Gasteiger partial charge in [0.05, 0.1) is 28.7 Å². The second-order valence-corrected chi connectivity index (χ2v) is 5.94. The van der Waals surface area contributed by atoms with Crippen LogP contribution in [-0.4, -0.2) is 25.2 Å².